The quantitative estimate of drug-likeness (QED) is 0.404. The summed E-state index contributed by atoms with van der Waals surface area (Å²) < 4.78 is 6.03. The zero-order chi connectivity index (χ0) is 24.4. The normalized spacial score (nSPS) is 14.7. The van der Waals surface area contributed by atoms with Gasteiger partial charge >= 0.3 is 5.97 Å². The van der Waals surface area contributed by atoms with Gasteiger partial charge in [-0.15, -0.1) is 0 Å². The number of amides is 1. The van der Waals surface area contributed by atoms with Crippen LogP contribution in [0.3, 0.4) is 0 Å². The Morgan fingerprint density at radius 3 is 2.57 bits per heavy atom. The number of carbonyl (C=O) groups excluding carboxylic acids is 1. The van der Waals surface area contributed by atoms with Crippen molar-refractivity contribution in [3.8, 4) is 5.75 Å². The van der Waals surface area contributed by atoms with E-state index < -0.39 is 12.0 Å². The number of carbonyl (C=O) groups is 2. The molecule has 6 nitrogen and oxygen atoms in total. The third-order valence-electron chi connectivity index (χ3n) is 6.42. The molecule has 1 aliphatic rings. The average Bonchev–Trinajstić information content (AvgIpc) is 3.21. The second-order valence-electron chi connectivity index (χ2n) is 8.88. The summed E-state index contributed by atoms with van der Waals surface area (Å²) in [4.78, 5) is 30.8. The highest BCUT2D eigenvalue weighted by Crippen LogP contribution is 2.36. The molecule has 1 aromatic heterocycles. The van der Waals surface area contributed by atoms with E-state index in [1.54, 1.807) is 4.90 Å². The molecule has 3 aromatic carbocycles. The number of fused-ring (bicyclic) bond motifs is 2. The minimum Gasteiger partial charge on any atom is -0.489 e. The molecule has 0 radical (unpaired) electrons. The largest absolute Gasteiger partial charge is 0.489 e. The number of hydrogen-bond donors (Lipinski definition) is 1. The van der Waals surface area contributed by atoms with Crippen molar-refractivity contribution in [3.05, 3.63) is 107 Å². The maximum Gasteiger partial charge on any atom is 0.305 e. The molecule has 1 N–H and O–H groups in total. The summed E-state index contributed by atoms with van der Waals surface area (Å²) in [5.74, 6) is -0.278. The molecular weight excluding hydrogens is 440 g/mol. The Labute approximate surface area is 203 Å². The molecule has 0 spiro atoms. The van der Waals surface area contributed by atoms with Gasteiger partial charge in [-0.25, -0.2) is 0 Å². The molecule has 0 saturated carbocycles. The monoisotopic (exact) mass is 466 g/mol. The lowest BCUT2D eigenvalue weighted by molar-refractivity contribution is -0.140. The van der Waals surface area contributed by atoms with Crippen LogP contribution in [0.2, 0.25) is 0 Å². The zero-order valence-corrected chi connectivity index (χ0v) is 19.5. The third kappa shape index (κ3) is 4.87. The Hall–Kier alpha value is -4.19. The van der Waals surface area contributed by atoms with E-state index in [4.69, 9.17) is 4.74 Å². The summed E-state index contributed by atoms with van der Waals surface area (Å²) in [6.45, 7) is 2.83. The van der Waals surface area contributed by atoms with Gasteiger partial charge in [-0.3, -0.25) is 14.6 Å². The lowest BCUT2D eigenvalue weighted by Crippen LogP contribution is -2.32. The van der Waals surface area contributed by atoms with Crippen molar-refractivity contribution in [3.63, 3.8) is 0 Å². The van der Waals surface area contributed by atoms with Gasteiger partial charge in [-0.2, -0.15) is 0 Å². The average molecular weight is 467 g/mol. The molecule has 6 heteroatoms. The SMILES string of the molecule is Cc1cc(COc2ccc(CC(=O)N3Cc4ccccc4C3CC(=O)O)cc2)c2ccccc2n1. The van der Waals surface area contributed by atoms with E-state index >= 15 is 0 Å². The first-order valence-corrected chi connectivity index (χ1v) is 11.6. The lowest BCUT2D eigenvalue weighted by atomic mass is 10.0. The van der Waals surface area contributed by atoms with Crippen LogP contribution >= 0.6 is 0 Å². The third-order valence-corrected chi connectivity index (χ3v) is 6.42. The minimum atomic E-state index is -0.914. The maximum absolute atomic E-state index is 13.1. The van der Waals surface area contributed by atoms with E-state index in [9.17, 15) is 14.7 Å². The number of nitrogens with zero attached hydrogens (tertiary/aromatic N) is 2. The maximum atomic E-state index is 13.1. The first-order chi connectivity index (χ1) is 17.0. The number of hydrogen-bond acceptors (Lipinski definition) is 4. The molecule has 1 aliphatic heterocycles. The van der Waals surface area contributed by atoms with Crippen molar-refractivity contribution in [2.45, 2.75) is 39.0 Å². The molecule has 1 unspecified atom stereocenters. The van der Waals surface area contributed by atoms with E-state index in [-0.39, 0.29) is 18.7 Å². The van der Waals surface area contributed by atoms with E-state index in [1.165, 1.54) is 0 Å². The van der Waals surface area contributed by atoms with Crippen molar-refractivity contribution < 1.29 is 19.4 Å². The van der Waals surface area contributed by atoms with E-state index in [2.05, 4.69) is 4.98 Å². The topological polar surface area (TPSA) is 79.7 Å². The molecule has 2 heterocycles. The van der Waals surface area contributed by atoms with Crippen LogP contribution in [0, 0.1) is 6.92 Å². The fraction of sp³-hybridized carbons (Fsp3) is 0.207. The van der Waals surface area contributed by atoms with Crippen LogP contribution in [0.25, 0.3) is 10.9 Å². The van der Waals surface area contributed by atoms with Crippen LogP contribution in [0.4, 0.5) is 0 Å². The number of benzene rings is 3. The van der Waals surface area contributed by atoms with Crippen LogP contribution in [-0.4, -0.2) is 26.9 Å². The Morgan fingerprint density at radius 1 is 1.03 bits per heavy atom. The van der Waals surface area contributed by atoms with Crippen LogP contribution in [0.15, 0.2) is 78.9 Å². The van der Waals surface area contributed by atoms with E-state index in [1.807, 2.05) is 85.8 Å². The Balaban J connectivity index is 1.25. The number of aromatic nitrogens is 1. The summed E-state index contributed by atoms with van der Waals surface area (Å²) in [6, 6.07) is 24.8. The first-order valence-electron chi connectivity index (χ1n) is 11.6. The number of ether oxygens (including phenoxy) is 1. The highest BCUT2D eigenvalue weighted by Gasteiger charge is 2.34. The van der Waals surface area contributed by atoms with E-state index in [0.29, 0.717) is 13.2 Å². The van der Waals surface area contributed by atoms with Crippen molar-refractivity contribution >= 4 is 22.8 Å². The summed E-state index contributed by atoms with van der Waals surface area (Å²) in [5, 5.41) is 10.4. The molecule has 0 bridgehead atoms. The Bertz CT molecular complexity index is 1400. The molecule has 0 saturated heterocycles. The highest BCUT2D eigenvalue weighted by atomic mass is 16.5. The van der Waals surface area contributed by atoms with Crippen molar-refractivity contribution in [1.82, 2.24) is 9.88 Å². The molecule has 1 amide bonds. The van der Waals surface area contributed by atoms with Crippen molar-refractivity contribution in [1.29, 1.82) is 0 Å². The molecule has 0 aliphatic carbocycles. The number of aliphatic carboxylic acids is 1. The van der Waals surface area contributed by atoms with Crippen molar-refractivity contribution in [2.75, 3.05) is 0 Å². The van der Waals surface area contributed by atoms with Gasteiger partial charge in [0.25, 0.3) is 0 Å². The number of para-hydroxylation sites is 1. The smallest absolute Gasteiger partial charge is 0.305 e. The molecule has 1 atom stereocenters. The summed E-state index contributed by atoms with van der Waals surface area (Å²) in [5.41, 5.74) is 5.76. The van der Waals surface area contributed by atoms with Gasteiger partial charge in [-0.05, 0) is 47.9 Å². The second-order valence-corrected chi connectivity index (χ2v) is 8.88. The number of carboxylic acid groups (broad SMARTS) is 1. The first kappa shape index (κ1) is 22.6. The predicted molar refractivity (Wildman–Crippen MR) is 133 cm³/mol. The fourth-order valence-electron chi connectivity index (χ4n) is 4.77. The summed E-state index contributed by atoms with van der Waals surface area (Å²) in [7, 11) is 0. The van der Waals surface area contributed by atoms with Gasteiger partial charge in [-0.1, -0.05) is 54.6 Å². The minimum absolute atomic E-state index is 0.0835. The molecular formula is C29H26N2O4. The number of carboxylic acids is 1. The highest BCUT2D eigenvalue weighted by molar-refractivity contribution is 5.82. The molecule has 4 aromatic rings. The fourth-order valence-corrected chi connectivity index (χ4v) is 4.77. The Kier molecular flexibility index (Phi) is 6.19. The zero-order valence-electron chi connectivity index (χ0n) is 19.5. The van der Waals surface area contributed by atoms with Gasteiger partial charge < -0.3 is 14.7 Å². The molecule has 176 valence electrons. The molecule has 5 rings (SSSR count). The van der Waals surface area contributed by atoms with Crippen LogP contribution in [0.5, 0.6) is 5.75 Å². The van der Waals surface area contributed by atoms with Gasteiger partial charge in [0.2, 0.25) is 5.91 Å². The number of pyridine rings is 1. The summed E-state index contributed by atoms with van der Waals surface area (Å²) in [6.07, 6.45) is 0.108. The van der Waals surface area contributed by atoms with Crippen LogP contribution in [-0.2, 0) is 29.2 Å². The van der Waals surface area contributed by atoms with Crippen LogP contribution in [0.1, 0.15) is 40.4 Å². The standard InChI is InChI=1S/C29H26N2O4/c1-19-14-22(24-7-4-5-9-26(24)30-19)18-35-23-12-10-20(11-13-23)15-28(32)31-17-21-6-2-3-8-25(21)27(31)16-29(33)34/h2-14,27H,15-18H2,1H3,(H,33,34). The lowest BCUT2D eigenvalue weighted by Gasteiger charge is -2.24. The molecule has 0 fully saturated rings. The van der Waals surface area contributed by atoms with Gasteiger partial charge in [0, 0.05) is 23.2 Å². The number of rotatable bonds is 7. The van der Waals surface area contributed by atoms with Gasteiger partial charge in [0.1, 0.15) is 12.4 Å². The van der Waals surface area contributed by atoms with Crippen LogP contribution < -0.4 is 4.74 Å². The number of aryl methyl sites for hydroxylation is 1. The van der Waals surface area contributed by atoms with Gasteiger partial charge in [0.15, 0.2) is 0 Å². The molecule has 35 heavy (non-hydrogen) atoms. The summed E-state index contributed by atoms with van der Waals surface area (Å²) >= 11 is 0. The van der Waals surface area contributed by atoms with Crippen molar-refractivity contribution in [2.24, 2.45) is 0 Å². The van der Waals surface area contributed by atoms with E-state index in [0.717, 1.165) is 44.6 Å². The van der Waals surface area contributed by atoms with Gasteiger partial charge in [0.05, 0.1) is 24.4 Å². The Morgan fingerprint density at radius 2 is 1.77 bits per heavy atom. The predicted octanol–water partition coefficient (Wildman–Crippen LogP) is 5.22. The second kappa shape index (κ2) is 9.58.